The van der Waals surface area contributed by atoms with Crippen molar-refractivity contribution >= 4 is 17.4 Å². The predicted molar refractivity (Wildman–Crippen MR) is 98.4 cm³/mol. The summed E-state index contributed by atoms with van der Waals surface area (Å²) in [4.78, 5) is 13.3. The number of anilines is 1. The Morgan fingerprint density at radius 1 is 1.08 bits per heavy atom. The van der Waals surface area contributed by atoms with Gasteiger partial charge in [-0.3, -0.25) is 4.98 Å². The smallest absolute Gasteiger partial charge is 0.161 e. The molecule has 0 fully saturated rings. The van der Waals surface area contributed by atoms with Gasteiger partial charge in [0.25, 0.3) is 0 Å². The van der Waals surface area contributed by atoms with Crippen LogP contribution in [0.25, 0.3) is 11.4 Å². The van der Waals surface area contributed by atoms with Gasteiger partial charge < -0.3 is 5.32 Å². The molecule has 0 bridgehead atoms. The SMILES string of the molecule is Cc1cnc(-c2ccc(Cl)cc2)nc1NCCc1ccc(C#N)cn1. The van der Waals surface area contributed by atoms with Crippen molar-refractivity contribution in [3.63, 3.8) is 0 Å². The summed E-state index contributed by atoms with van der Waals surface area (Å²) in [5.74, 6) is 1.45. The fourth-order valence-corrected chi connectivity index (χ4v) is 2.43. The maximum absolute atomic E-state index is 8.80. The molecule has 0 saturated heterocycles. The number of aryl methyl sites for hydroxylation is 1. The number of hydrogen-bond acceptors (Lipinski definition) is 5. The summed E-state index contributed by atoms with van der Waals surface area (Å²) in [5.41, 5.74) is 3.39. The minimum atomic E-state index is 0.566. The van der Waals surface area contributed by atoms with Crippen LogP contribution in [0.5, 0.6) is 0 Å². The Labute approximate surface area is 151 Å². The first-order valence-electron chi connectivity index (χ1n) is 7.84. The Morgan fingerprint density at radius 2 is 1.88 bits per heavy atom. The molecule has 0 atom stereocenters. The highest BCUT2D eigenvalue weighted by Crippen LogP contribution is 2.20. The van der Waals surface area contributed by atoms with Gasteiger partial charge in [-0.25, -0.2) is 9.97 Å². The van der Waals surface area contributed by atoms with Gasteiger partial charge in [-0.15, -0.1) is 0 Å². The zero-order chi connectivity index (χ0) is 17.6. The van der Waals surface area contributed by atoms with Crippen molar-refractivity contribution in [2.75, 3.05) is 11.9 Å². The molecular weight excluding hydrogens is 334 g/mol. The Kier molecular flexibility index (Phi) is 5.22. The van der Waals surface area contributed by atoms with E-state index in [0.29, 0.717) is 23.0 Å². The van der Waals surface area contributed by atoms with E-state index >= 15 is 0 Å². The van der Waals surface area contributed by atoms with E-state index in [-0.39, 0.29) is 0 Å². The van der Waals surface area contributed by atoms with Crippen molar-refractivity contribution in [1.82, 2.24) is 15.0 Å². The molecule has 2 heterocycles. The first-order chi connectivity index (χ1) is 12.2. The second-order valence-electron chi connectivity index (χ2n) is 5.56. The molecule has 0 radical (unpaired) electrons. The van der Waals surface area contributed by atoms with E-state index in [4.69, 9.17) is 16.9 Å². The zero-order valence-electron chi connectivity index (χ0n) is 13.7. The molecule has 1 aromatic carbocycles. The molecule has 124 valence electrons. The normalized spacial score (nSPS) is 10.3. The second kappa shape index (κ2) is 7.73. The number of nitrogens with one attached hydrogen (secondary N) is 1. The molecule has 0 aliphatic heterocycles. The monoisotopic (exact) mass is 349 g/mol. The highest BCUT2D eigenvalue weighted by atomic mass is 35.5. The first-order valence-corrected chi connectivity index (χ1v) is 8.22. The fraction of sp³-hybridized carbons (Fsp3) is 0.158. The number of nitriles is 1. The van der Waals surface area contributed by atoms with Gasteiger partial charge in [-0.05, 0) is 43.3 Å². The second-order valence-corrected chi connectivity index (χ2v) is 6.00. The molecule has 0 aliphatic rings. The van der Waals surface area contributed by atoms with Gasteiger partial charge in [0.2, 0.25) is 0 Å². The minimum absolute atomic E-state index is 0.566. The summed E-state index contributed by atoms with van der Waals surface area (Å²) in [6.45, 7) is 2.66. The predicted octanol–water partition coefficient (Wildman–Crippen LogP) is 4.03. The van der Waals surface area contributed by atoms with E-state index in [1.807, 2.05) is 37.3 Å². The molecule has 6 heteroatoms. The Morgan fingerprint density at radius 3 is 2.56 bits per heavy atom. The Balaban J connectivity index is 1.68. The lowest BCUT2D eigenvalue weighted by atomic mass is 10.2. The highest BCUT2D eigenvalue weighted by molar-refractivity contribution is 6.30. The average molecular weight is 350 g/mol. The van der Waals surface area contributed by atoms with Gasteiger partial charge in [0.15, 0.2) is 5.82 Å². The number of halogens is 1. The third-order valence-electron chi connectivity index (χ3n) is 3.70. The third kappa shape index (κ3) is 4.31. The van der Waals surface area contributed by atoms with Gasteiger partial charge in [0.1, 0.15) is 11.9 Å². The summed E-state index contributed by atoms with van der Waals surface area (Å²) in [6, 6.07) is 13.2. The van der Waals surface area contributed by atoms with E-state index in [9.17, 15) is 0 Å². The summed E-state index contributed by atoms with van der Waals surface area (Å²) < 4.78 is 0. The molecule has 0 amide bonds. The van der Waals surface area contributed by atoms with Gasteiger partial charge in [0, 0.05) is 47.2 Å². The van der Waals surface area contributed by atoms with E-state index < -0.39 is 0 Å². The lowest BCUT2D eigenvalue weighted by molar-refractivity contribution is 0.946. The minimum Gasteiger partial charge on any atom is -0.369 e. The van der Waals surface area contributed by atoms with Crippen molar-refractivity contribution < 1.29 is 0 Å². The third-order valence-corrected chi connectivity index (χ3v) is 3.95. The van der Waals surface area contributed by atoms with Crippen LogP contribution in [0.4, 0.5) is 5.82 Å². The number of hydrogen-bond donors (Lipinski definition) is 1. The van der Waals surface area contributed by atoms with E-state index in [2.05, 4.69) is 26.3 Å². The molecule has 0 saturated carbocycles. The Hall–Kier alpha value is -2.97. The zero-order valence-corrected chi connectivity index (χ0v) is 14.5. The van der Waals surface area contributed by atoms with Crippen LogP contribution in [0.3, 0.4) is 0 Å². The van der Waals surface area contributed by atoms with Crippen molar-refractivity contribution in [2.24, 2.45) is 0 Å². The molecule has 3 aromatic rings. The van der Waals surface area contributed by atoms with E-state index in [1.165, 1.54) is 0 Å². The van der Waals surface area contributed by atoms with Crippen LogP contribution in [-0.4, -0.2) is 21.5 Å². The summed E-state index contributed by atoms with van der Waals surface area (Å²) in [7, 11) is 0. The summed E-state index contributed by atoms with van der Waals surface area (Å²) >= 11 is 5.92. The number of pyridine rings is 1. The van der Waals surface area contributed by atoms with Gasteiger partial charge in [-0.1, -0.05) is 11.6 Å². The van der Waals surface area contributed by atoms with Gasteiger partial charge in [0.05, 0.1) is 5.56 Å². The first kappa shape index (κ1) is 16.9. The summed E-state index contributed by atoms with van der Waals surface area (Å²) in [6.07, 6.45) is 4.13. The summed E-state index contributed by atoms with van der Waals surface area (Å²) in [5, 5.41) is 12.8. The van der Waals surface area contributed by atoms with Crippen molar-refractivity contribution in [2.45, 2.75) is 13.3 Å². The van der Waals surface area contributed by atoms with Gasteiger partial charge in [-0.2, -0.15) is 5.26 Å². The van der Waals surface area contributed by atoms with Crippen molar-refractivity contribution in [3.8, 4) is 17.5 Å². The van der Waals surface area contributed by atoms with Crippen molar-refractivity contribution in [3.05, 3.63) is 70.6 Å². The van der Waals surface area contributed by atoms with Gasteiger partial charge >= 0.3 is 0 Å². The molecule has 25 heavy (non-hydrogen) atoms. The standard InChI is InChI=1S/C19H16ClN5/c1-13-11-24-19(15-3-5-16(20)6-4-15)25-18(13)22-9-8-17-7-2-14(10-21)12-23-17/h2-7,11-12H,8-9H2,1H3,(H,22,24,25). The maximum Gasteiger partial charge on any atom is 0.161 e. The molecule has 0 spiro atoms. The van der Waals surface area contributed by atoms with Crippen LogP contribution in [0.15, 0.2) is 48.8 Å². The van der Waals surface area contributed by atoms with Crippen LogP contribution >= 0.6 is 11.6 Å². The van der Waals surface area contributed by atoms with Crippen LogP contribution in [-0.2, 0) is 6.42 Å². The highest BCUT2D eigenvalue weighted by Gasteiger charge is 2.06. The van der Waals surface area contributed by atoms with Crippen molar-refractivity contribution in [1.29, 1.82) is 5.26 Å². The number of nitrogens with zero attached hydrogens (tertiary/aromatic N) is 4. The molecule has 5 nitrogen and oxygen atoms in total. The number of rotatable bonds is 5. The number of aromatic nitrogens is 3. The lowest BCUT2D eigenvalue weighted by Crippen LogP contribution is -2.09. The van der Waals surface area contributed by atoms with Crippen LogP contribution in [0, 0.1) is 18.3 Å². The maximum atomic E-state index is 8.80. The quantitative estimate of drug-likeness (QED) is 0.752. The largest absolute Gasteiger partial charge is 0.369 e. The molecule has 1 N–H and O–H groups in total. The topological polar surface area (TPSA) is 74.5 Å². The molecule has 2 aromatic heterocycles. The molecule has 3 rings (SSSR count). The molecule has 0 unspecified atom stereocenters. The fourth-order valence-electron chi connectivity index (χ4n) is 2.31. The number of benzene rings is 1. The lowest BCUT2D eigenvalue weighted by Gasteiger charge is -2.10. The molecule has 0 aliphatic carbocycles. The van der Waals surface area contributed by atoms with E-state index in [0.717, 1.165) is 29.1 Å². The average Bonchev–Trinajstić information content (AvgIpc) is 2.64. The van der Waals surface area contributed by atoms with Crippen LogP contribution < -0.4 is 5.32 Å². The van der Waals surface area contributed by atoms with E-state index in [1.54, 1.807) is 18.5 Å². The Bertz CT molecular complexity index is 899. The van der Waals surface area contributed by atoms with Crippen LogP contribution in [0.2, 0.25) is 5.02 Å². The van der Waals surface area contributed by atoms with Crippen LogP contribution in [0.1, 0.15) is 16.8 Å². The molecular formula is C19H16ClN5.